The molecule has 7 nitrogen and oxygen atoms in total. The van der Waals surface area contributed by atoms with Crippen LogP contribution in [0.4, 0.5) is 17.1 Å². The number of nitrogens with zero attached hydrogens (tertiary/aromatic N) is 4. The first-order chi connectivity index (χ1) is 21.2. The third-order valence-electron chi connectivity index (χ3n) is 9.52. The molecule has 0 N–H and O–H groups in total. The number of pyridine rings is 1. The van der Waals surface area contributed by atoms with E-state index in [1.54, 1.807) is 11.8 Å². The monoisotopic (exact) mass is 614 g/mol. The number of allylic oxidation sites excluding steroid dienone is 1. The number of ether oxygens (including phenoxy) is 2. The van der Waals surface area contributed by atoms with E-state index in [0.29, 0.717) is 29.5 Å². The van der Waals surface area contributed by atoms with Gasteiger partial charge in [-0.2, -0.15) is 0 Å². The number of fused-ring (bicyclic) bond motifs is 1. The van der Waals surface area contributed by atoms with Crippen molar-refractivity contribution < 1.29 is 14.3 Å². The summed E-state index contributed by atoms with van der Waals surface area (Å²) in [5.41, 5.74) is 8.00. The third-order valence-corrected chi connectivity index (χ3v) is 9.77. The van der Waals surface area contributed by atoms with E-state index in [1.165, 1.54) is 24.7 Å². The Morgan fingerprint density at radius 1 is 1.02 bits per heavy atom. The van der Waals surface area contributed by atoms with Gasteiger partial charge in [-0.15, -0.1) is 0 Å². The molecule has 1 atom stereocenters. The van der Waals surface area contributed by atoms with Crippen molar-refractivity contribution in [1.29, 1.82) is 0 Å². The van der Waals surface area contributed by atoms with Crippen LogP contribution < -0.4 is 14.5 Å². The molecular formula is C36H43ClN4O3. The molecule has 1 saturated heterocycles. The summed E-state index contributed by atoms with van der Waals surface area (Å²) < 4.78 is 11.1. The average Bonchev–Trinajstić information content (AvgIpc) is 3.26. The fourth-order valence-corrected chi connectivity index (χ4v) is 7.10. The summed E-state index contributed by atoms with van der Waals surface area (Å²) in [5.74, 6) is 0.244. The molecule has 0 amide bonds. The number of carbonyl (C=O) groups is 1. The van der Waals surface area contributed by atoms with Gasteiger partial charge in [0.2, 0.25) is 5.88 Å². The number of esters is 1. The Bertz CT molecular complexity index is 1530. The number of anilines is 3. The van der Waals surface area contributed by atoms with Crippen molar-refractivity contribution in [2.24, 2.45) is 5.41 Å². The van der Waals surface area contributed by atoms with E-state index >= 15 is 0 Å². The molecule has 0 saturated carbocycles. The SMILES string of the molecule is COC(=O)c1ccc(N2CCN(C(C)C3=C(c4ccc(Cl)cc4)CC(C)(C)CC3)CC2)cc1N1CCCOc2ncccc21. The predicted octanol–water partition coefficient (Wildman–Crippen LogP) is 7.62. The molecule has 3 aromatic rings. The van der Waals surface area contributed by atoms with E-state index in [1.807, 2.05) is 30.3 Å². The fraction of sp³-hybridized carbons (Fsp3) is 0.444. The molecule has 3 heterocycles. The Balaban J connectivity index is 1.24. The highest BCUT2D eigenvalue weighted by Gasteiger charge is 2.33. The zero-order valence-corrected chi connectivity index (χ0v) is 27.1. The molecule has 0 spiro atoms. The largest absolute Gasteiger partial charge is 0.476 e. The summed E-state index contributed by atoms with van der Waals surface area (Å²) in [6, 6.07) is 18.8. The Hall–Kier alpha value is -3.55. The zero-order valence-electron chi connectivity index (χ0n) is 26.3. The zero-order chi connectivity index (χ0) is 30.8. The van der Waals surface area contributed by atoms with Gasteiger partial charge in [0.25, 0.3) is 0 Å². The van der Waals surface area contributed by atoms with E-state index in [4.69, 9.17) is 21.1 Å². The summed E-state index contributed by atoms with van der Waals surface area (Å²) in [6.45, 7) is 12.2. The van der Waals surface area contributed by atoms with Gasteiger partial charge in [-0.25, -0.2) is 9.78 Å². The molecule has 1 fully saturated rings. The maximum atomic E-state index is 12.9. The van der Waals surface area contributed by atoms with Crippen LogP contribution in [0, 0.1) is 5.41 Å². The highest BCUT2D eigenvalue weighted by atomic mass is 35.5. The Kier molecular flexibility index (Phi) is 8.88. The third kappa shape index (κ3) is 6.31. The minimum atomic E-state index is -0.346. The fourth-order valence-electron chi connectivity index (χ4n) is 6.98. The minimum absolute atomic E-state index is 0.293. The summed E-state index contributed by atoms with van der Waals surface area (Å²) in [4.78, 5) is 24.6. The normalized spacial score (nSPS) is 19.6. The molecule has 232 valence electrons. The first-order valence-electron chi connectivity index (χ1n) is 15.8. The van der Waals surface area contributed by atoms with Crippen molar-refractivity contribution in [1.82, 2.24) is 9.88 Å². The number of piperazine rings is 1. The van der Waals surface area contributed by atoms with Gasteiger partial charge >= 0.3 is 5.97 Å². The van der Waals surface area contributed by atoms with E-state index in [9.17, 15) is 4.79 Å². The molecule has 8 heteroatoms. The molecule has 1 unspecified atom stereocenters. The second-order valence-electron chi connectivity index (χ2n) is 12.9. The summed E-state index contributed by atoms with van der Waals surface area (Å²) >= 11 is 6.24. The average molecular weight is 615 g/mol. The van der Waals surface area contributed by atoms with Crippen LogP contribution in [0.1, 0.15) is 62.4 Å². The summed E-state index contributed by atoms with van der Waals surface area (Å²) in [6.07, 6.45) is 5.98. The number of hydrogen-bond acceptors (Lipinski definition) is 7. The number of carbonyl (C=O) groups excluding carboxylic acids is 1. The van der Waals surface area contributed by atoms with Crippen LogP contribution in [-0.4, -0.2) is 68.3 Å². The molecule has 0 bridgehead atoms. The first kappa shape index (κ1) is 30.5. The van der Waals surface area contributed by atoms with Gasteiger partial charge in [0.1, 0.15) is 5.69 Å². The van der Waals surface area contributed by atoms with Gasteiger partial charge in [-0.3, -0.25) is 4.90 Å². The number of hydrogen-bond donors (Lipinski definition) is 0. The Morgan fingerprint density at radius 2 is 1.80 bits per heavy atom. The number of aromatic nitrogens is 1. The topological polar surface area (TPSA) is 58.1 Å². The van der Waals surface area contributed by atoms with Crippen LogP contribution in [0.25, 0.3) is 5.57 Å². The van der Waals surface area contributed by atoms with Crippen molar-refractivity contribution in [3.05, 3.63) is 82.5 Å². The van der Waals surface area contributed by atoms with Crippen LogP contribution in [0.15, 0.2) is 66.4 Å². The summed E-state index contributed by atoms with van der Waals surface area (Å²) in [5, 5.41) is 0.781. The Morgan fingerprint density at radius 3 is 2.55 bits per heavy atom. The number of rotatable bonds is 6. The lowest BCUT2D eigenvalue weighted by molar-refractivity contribution is 0.0601. The van der Waals surface area contributed by atoms with Crippen molar-refractivity contribution in [3.8, 4) is 5.88 Å². The molecular weight excluding hydrogens is 572 g/mol. The number of halogens is 1. The smallest absolute Gasteiger partial charge is 0.339 e. The van der Waals surface area contributed by atoms with E-state index in [0.717, 1.165) is 74.1 Å². The second-order valence-corrected chi connectivity index (χ2v) is 13.4. The highest BCUT2D eigenvalue weighted by molar-refractivity contribution is 6.30. The molecule has 6 rings (SSSR count). The maximum absolute atomic E-state index is 12.9. The molecule has 0 radical (unpaired) electrons. The lowest BCUT2D eigenvalue weighted by Crippen LogP contribution is -2.50. The maximum Gasteiger partial charge on any atom is 0.339 e. The van der Waals surface area contributed by atoms with Crippen molar-refractivity contribution in [2.75, 3.05) is 56.2 Å². The van der Waals surface area contributed by atoms with Gasteiger partial charge in [-0.05, 0) is 97.2 Å². The quantitative estimate of drug-likeness (QED) is 0.265. The van der Waals surface area contributed by atoms with Gasteiger partial charge in [-0.1, -0.05) is 37.6 Å². The van der Waals surface area contributed by atoms with Gasteiger partial charge in [0, 0.05) is 55.7 Å². The van der Waals surface area contributed by atoms with Crippen LogP contribution in [0.2, 0.25) is 5.02 Å². The molecule has 1 aliphatic carbocycles. The molecule has 3 aliphatic rings. The van der Waals surface area contributed by atoms with Crippen LogP contribution in [0.5, 0.6) is 5.88 Å². The second kappa shape index (κ2) is 12.8. The van der Waals surface area contributed by atoms with Crippen molar-refractivity contribution >= 4 is 40.2 Å². The van der Waals surface area contributed by atoms with Gasteiger partial charge < -0.3 is 19.3 Å². The minimum Gasteiger partial charge on any atom is -0.476 e. The lowest BCUT2D eigenvalue weighted by Gasteiger charge is -2.43. The molecule has 1 aromatic heterocycles. The van der Waals surface area contributed by atoms with Crippen LogP contribution >= 0.6 is 11.6 Å². The van der Waals surface area contributed by atoms with Crippen molar-refractivity contribution in [3.63, 3.8) is 0 Å². The molecule has 2 aliphatic heterocycles. The van der Waals surface area contributed by atoms with E-state index in [-0.39, 0.29) is 5.97 Å². The summed E-state index contributed by atoms with van der Waals surface area (Å²) in [7, 11) is 1.43. The van der Waals surface area contributed by atoms with E-state index < -0.39 is 0 Å². The number of benzene rings is 2. The number of methoxy groups -OCH3 is 1. The lowest BCUT2D eigenvalue weighted by atomic mass is 9.71. The van der Waals surface area contributed by atoms with E-state index in [2.05, 4.69) is 64.7 Å². The highest BCUT2D eigenvalue weighted by Crippen LogP contribution is 2.45. The standard InChI is InChI=1S/C36H43ClN4O3/c1-25(29-14-15-36(2,3)24-31(29)26-8-10-27(37)11-9-26)39-18-20-40(21-19-39)28-12-13-30(35(42)43-4)33(23-28)41-17-6-22-44-34-32(41)7-5-16-38-34/h5,7-13,16,23,25H,6,14-15,17-22,24H2,1-4H3. The van der Waals surface area contributed by atoms with Crippen LogP contribution in [-0.2, 0) is 4.74 Å². The van der Waals surface area contributed by atoms with Gasteiger partial charge in [0.15, 0.2) is 0 Å². The molecule has 44 heavy (non-hydrogen) atoms. The first-order valence-corrected chi connectivity index (χ1v) is 16.2. The molecule has 2 aromatic carbocycles. The Labute approximate surface area is 266 Å². The predicted molar refractivity (Wildman–Crippen MR) is 178 cm³/mol. The van der Waals surface area contributed by atoms with Crippen molar-refractivity contribution in [2.45, 2.75) is 52.5 Å². The van der Waals surface area contributed by atoms with Crippen LogP contribution in [0.3, 0.4) is 0 Å². The van der Waals surface area contributed by atoms with Gasteiger partial charge in [0.05, 0.1) is 25.0 Å².